The number of fused-ring (bicyclic) bond motifs is 3. The topological polar surface area (TPSA) is 133 Å². The molecule has 15 heteroatoms. The summed E-state index contributed by atoms with van der Waals surface area (Å²) in [4.78, 5) is 17.8. The summed E-state index contributed by atoms with van der Waals surface area (Å²) in [5.74, 6) is 0.212. The molecule has 1 aliphatic rings. The molecule has 12 nitrogen and oxygen atoms in total. The normalized spacial score (nSPS) is 15.2. The van der Waals surface area contributed by atoms with Crippen molar-refractivity contribution in [2.75, 3.05) is 62.0 Å². The van der Waals surface area contributed by atoms with Gasteiger partial charge in [-0.2, -0.15) is 9.50 Å². The molecule has 0 aliphatic carbocycles. The Hall–Kier alpha value is -4.11. The Morgan fingerprint density at radius 2 is 1.93 bits per heavy atom. The summed E-state index contributed by atoms with van der Waals surface area (Å²) in [5.41, 5.74) is 8.19. The van der Waals surface area contributed by atoms with Crippen LogP contribution in [0.25, 0.3) is 28.4 Å². The molecule has 216 valence electrons. The van der Waals surface area contributed by atoms with Crippen molar-refractivity contribution in [2.45, 2.75) is 13.0 Å². The van der Waals surface area contributed by atoms with E-state index in [4.69, 9.17) is 14.9 Å². The van der Waals surface area contributed by atoms with Crippen molar-refractivity contribution in [3.8, 4) is 17.3 Å². The van der Waals surface area contributed by atoms with Crippen LogP contribution in [-0.2, 0) is 17.3 Å². The lowest BCUT2D eigenvalue weighted by molar-refractivity contribution is 0.248. The van der Waals surface area contributed by atoms with E-state index in [-0.39, 0.29) is 18.3 Å². The Bertz CT molecular complexity index is 1700. The van der Waals surface area contributed by atoms with E-state index in [2.05, 4.69) is 25.0 Å². The number of aromatic nitrogens is 6. The van der Waals surface area contributed by atoms with Crippen LogP contribution in [0.2, 0.25) is 0 Å². The van der Waals surface area contributed by atoms with Gasteiger partial charge in [0.15, 0.2) is 34.1 Å². The number of nitrogens with two attached hydrogens (primary N) is 1. The highest BCUT2D eigenvalue weighted by Gasteiger charge is 2.23. The minimum Gasteiger partial charge on any atom is -0.490 e. The van der Waals surface area contributed by atoms with Crippen LogP contribution in [0.3, 0.4) is 0 Å². The zero-order valence-electron chi connectivity index (χ0n) is 22.4. The van der Waals surface area contributed by atoms with E-state index < -0.39 is 22.4 Å². The largest absolute Gasteiger partial charge is 0.490 e. The first-order chi connectivity index (χ1) is 19.9. The van der Waals surface area contributed by atoms with Crippen molar-refractivity contribution in [1.29, 1.82) is 0 Å². The number of halogens is 2. The van der Waals surface area contributed by atoms with Gasteiger partial charge in [0.25, 0.3) is 0 Å². The van der Waals surface area contributed by atoms with Gasteiger partial charge in [0.1, 0.15) is 5.82 Å². The predicted octanol–water partition coefficient (Wildman–Crippen LogP) is 2.56. The van der Waals surface area contributed by atoms with Gasteiger partial charge in [0.05, 0.1) is 24.9 Å². The molecular weight excluding hydrogens is 556 g/mol. The maximum atomic E-state index is 14.7. The summed E-state index contributed by atoms with van der Waals surface area (Å²) in [5, 5.41) is 4.40. The number of hydrogen-bond acceptors (Lipinski definition) is 10. The van der Waals surface area contributed by atoms with Crippen LogP contribution in [0.4, 0.5) is 20.4 Å². The lowest BCUT2D eigenvalue weighted by atomic mass is 10.2. The van der Waals surface area contributed by atoms with E-state index in [0.717, 1.165) is 12.6 Å². The highest BCUT2D eigenvalue weighted by Crippen LogP contribution is 2.29. The van der Waals surface area contributed by atoms with Crippen LogP contribution in [0.5, 0.6) is 5.75 Å². The minimum absolute atomic E-state index is 0.00235. The molecule has 41 heavy (non-hydrogen) atoms. The third-order valence-corrected chi connectivity index (χ3v) is 7.88. The molecule has 1 aliphatic heterocycles. The second-order valence-electron chi connectivity index (χ2n) is 9.77. The SMILES string of the molecule is CS(=O)CCCOc1cc(N2CCN(CCn3cnc4c3nc(N)n3nc(-c5ccco5)nc43)CC2)c(F)cc1F. The third-order valence-electron chi connectivity index (χ3n) is 7.01. The van der Waals surface area contributed by atoms with Gasteiger partial charge in [-0.25, -0.2) is 18.7 Å². The lowest BCUT2D eigenvalue weighted by Crippen LogP contribution is -2.47. The van der Waals surface area contributed by atoms with Crippen molar-refractivity contribution in [1.82, 2.24) is 34.0 Å². The molecule has 0 saturated carbocycles. The van der Waals surface area contributed by atoms with Gasteiger partial charge in [-0.15, -0.1) is 5.10 Å². The molecule has 1 unspecified atom stereocenters. The summed E-state index contributed by atoms with van der Waals surface area (Å²) in [6.45, 7) is 4.08. The number of ether oxygens (including phenoxy) is 1. The fourth-order valence-electron chi connectivity index (χ4n) is 4.88. The minimum atomic E-state index is -0.945. The fourth-order valence-corrected chi connectivity index (χ4v) is 5.41. The number of imidazole rings is 1. The van der Waals surface area contributed by atoms with Crippen LogP contribution < -0.4 is 15.4 Å². The van der Waals surface area contributed by atoms with Gasteiger partial charge in [0.2, 0.25) is 11.8 Å². The molecule has 0 spiro atoms. The van der Waals surface area contributed by atoms with Gasteiger partial charge in [-0.1, -0.05) is 0 Å². The second-order valence-corrected chi connectivity index (χ2v) is 11.3. The number of benzene rings is 1. The van der Waals surface area contributed by atoms with E-state index in [0.29, 0.717) is 79.0 Å². The molecule has 1 fully saturated rings. The first kappa shape index (κ1) is 27.1. The highest BCUT2D eigenvalue weighted by molar-refractivity contribution is 7.84. The zero-order valence-corrected chi connectivity index (χ0v) is 23.2. The summed E-state index contributed by atoms with van der Waals surface area (Å²) in [6.07, 6.45) is 5.39. The average molecular weight is 586 g/mol. The van der Waals surface area contributed by atoms with Crippen molar-refractivity contribution in [2.24, 2.45) is 0 Å². The number of furan rings is 1. The van der Waals surface area contributed by atoms with Gasteiger partial charge >= 0.3 is 0 Å². The molecule has 0 radical (unpaired) electrons. The molecular formula is C26H29F2N9O3S. The molecule has 0 amide bonds. The molecule has 5 heterocycles. The van der Waals surface area contributed by atoms with Crippen LogP contribution in [0, 0.1) is 11.6 Å². The van der Waals surface area contributed by atoms with Gasteiger partial charge in [-0.05, 0) is 18.6 Å². The Morgan fingerprint density at radius 1 is 1.10 bits per heavy atom. The van der Waals surface area contributed by atoms with Crippen molar-refractivity contribution in [3.05, 3.63) is 48.5 Å². The van der Waals surface area contributed by atoms with Crippen molar-refractivity contribution < 1.29 is 22.1 Å². The standard InChI is InChI=1S/C26H29F2N9O3S/c1-41(38)13-3-12-40-21-15-19(17(27)14-18(21)28)35-8-5-34(6-9-35)7-10-36-16-30-22-24(36)32-26(29)37-25(22)31-23(33-37)20-4-2-11-39-20/h2,4,11,14-16H,3,5-10,12-13H2,1H3,(H2,29,32). The van der Waals surface area contributed by atoms with Crippen molar-refractivity contribution >= 4 is 39.2 Å². The van der Waals surface area contributed by atoms with Crippen LogP contribution in [-0.4, -0.2) is 89.6 Å². The molecule has 2 N–H and O–H groups in total. The van der Waals surface area contributed by atoms with Gasteiger partial charge in [0, 0.05) is 74.2 Å². The summed E-state index contributed by atoms with van der Waals surface area (Å²) >= 11 is 0. The van der Waals surface area contributed by atoms with Crippen LogP contribution in [0.15, 0.2) is 41.3 Å². The van der Waals surface area contributed by atoms with E-state index in [1.807, 2.05) is 9.47 Å². The first-order valence-electron chi connectivity index (χ1n) is 13.2. The molecule has 0 bridgehead atoms. The fraction of sp³-hybridized carbons (Fsp3) is 0.385. The molecule has 5 aromatic rings. The Balaban J connectivity index is 1.09. The molecule has 1 atom stereocenters. The van der Waals surface area contributed by atoms with Crippen LogP contribution in [0.1, 0.15) is 6.42 Å². The maximum Gasteiger partial charge on any atom is 0.225 e. The Morgan fingerprint density at radius 3 is 2.68 bits per heavy atom. The second kappa shape index (κ2) is 11.4. The lowest BCUT2D eigenvalue weighted by Gasteiger charge is -2.36. The molecule has 4 aromatic heterocycles. The van der Waals surface area contributed by atoms with E-state index in [9.17, 15) is 13.0 Å². The Labute approximate surface area is 236 Å². The number of piperazine rings is 1. The van der Waals surface area contributed by atoms with Crippen molar-refractivity contribution in [3.63, 3.8) is 0 Å². The Kier molecular flexibility index (Phi) is 7.53. The maximum absolute atomic E-state index is 14.7. The van der Waals surface area contributed by atoms with E-state index >= 15 is 0 Å². The third kappa shape index (κ3) is 5.59. The summed E-state index contributed by atoms with van der Waals surface area (Å²) in [7, 11) is -0.945. The van der Waals surface area contributed by atoms with Crippen LogP contribution >= 0.6 is 0 Å². The summed E-state index contributed by atoms with van der Waals surface area (Å²) < 4.78 is 54.5. The summed E-state index contributed by atoms with van der Waals surface area (Å²) in [6, 6.07) is 5.81. The first-order valence-corrected chi connectivity index (χ1v) is 14.9. The monoisotopic (exact) mass is 585 g/mol. The number of nitrogens with zero attached hydrogens (tertiary/aromatic N) is 8. The smallest absolute Gasteiger partial charge is 0.225 e. The zero-order chi connectivity index (χ0) is 28.5. The van der Waals surface area contributed by atoms with E-state index in [1.165, 1.54) is 10.6 Å². The number of nitrogen functional groups attached to an aromatic ring is 1. The molecule has 6 rings (SSSR count). The number of rotatable bonds is 10. The van der Waals surface area contributed by atoms with E-state index in [1.54, 1.807) is 31.0 Å². The number of anilines is 2. The highest BCUT2D eigenvalue weighted by atomic mass is 32.2. The molecule has 1 aromatic carbocycles. The average Bonchev–Trinajstić information content (AvgIpc) is 3.71. The number of hydrogen-bond donors (Lipinski definition) is 1. The molecule has 1 saturated heterocycles. The van der Waals surface area contributed by atoms with Gasteiger partial charge < -0.3 is 24.4 Å². The van der Waals surface area contributed by atoms with Gasteiger partial charge in [-0.3, -0.25) is 9.11 Å². The predicted molar refractivity (Wildman–Crippen MR) is 150 cm³/mol. The quantitative estimate of drug-likeness (QED) is 0.244.